The molecule has 0 N–H and O–H groups in total. The van der Waals surface area contributed by atoms with Gasteiger partial charge in [0.05, 0.1) is 18.8 Å². The Labute approximate surface area is 145 Å². The second kappa shape index (κ2) is 6.78. The predicted octanol–water partition coefficient (Wildman–Crippen LogP) is 4.65. The van der Waals surface area contributed by atoms with E-state index in [0.29, 0.717) is 0 Å². The van der Waals surface area contributed by atoms with Gasteiger partial charge in [-0.25, -0.2) is 0 Å². The van der Waals surface area contributed by atoms with Crippen molar-refractivity contribution in [2.45, 2.75) is 62.8 Å². The lowest BCUT2D eigenvalue weighted by Crippen LogP contribution is -2.39. The fraction of sp³-hybridized carbons (Fsp3) is 0.714. The van der Waals surface area contributed by atoms with Crippen LogP contribution in [-0.4, -0.2) is 26.1 Å². The first kappa shape index (κ1) is 16.6. The van der Waals surface area contributed by atoms with Crippen LogP contribution in [0.15, 0.2) is 30.3 Å². The number of hydrogen-bond acceptors (Lipinski definition) is 3. The van der Waals surface area contributed by atoms with Gasteiger partial charge in [0.2, 0.25) is 0 Å². The van der Waals surface area contributed by atoms with Crippen LogP contribution in [-0.2, 0) is 19.8 Å². The van der Waals surface area contributed by atoms with E-state index in [1.807, 2.05) is 7.11 Å². The Balaban J connectivity index is 1.36. The number of rotatable bonds is 3. The first-order valence-electron chi connectivity index (χ1n) is 9.64. The third kappa shape index (κ3) is 3.02. The van der Waals surface area contributed by atoms with E-state index in [1.165, 1.54) is 31.2 Å². The van der Waals surface area contributed by atoms with Crippen molar-refractivity contribution >= 4 is 0 Å². The SMILES string of the molecule is COC1(c2ccccc2)CCC(C2CCC3(CC2)OCCO3)CC1. The van der Waals surface area contributed by atoms with Gasteiger partial charge in [-0.3, -0.25) is 0 Å². The summed E-state index contributed by atoms with van der Waals surface area (Å²) in [5.74, 6) is 1.47. The predicted molar refractivity (Wildman–Crippen MR) is 93.7 cm³/mol. The first-order chi connectivity index (χ1) is 11.8. The Kier molecular flexibility index (Phi) is 4.68. The van der Waals surface area contributed by atoms with E-state index in [4.69, 9.17) is 14.2 Å². The van der Waals surface area contributed by atoms with Crippen molar-refractivity contribution in [2.24, 2.45) is 11.8 Å². The van der Waals surface area contributed by atoms with Crippen LogP contribution in [0.3, 0.4) is 0 Å². The van der Waals surface area contributed by atoms with Crippen LogP contribution in [0, 0.1) is 11.8 Å². The Morgan fingerprint density at radius 1 is 0.833 bits per heavy atom. The monoisotopic (exact) mass is 330 g/mol. The van der Waals surface area contributed by atoms with E-state index in [0.717, 1.165) is 50.7 Å². The molecule has 3 aliphatic rings. The quantitative estimate of drug-likeness (QED) is 0.807. The highest BCUT2D eigenvalue weighted by Gasteiger charge is 2.44. The summed E-state index contributed by atoms with van der Waals surface area (Å²) in [6.45, 7) is 1.56. The van der Waals surface area contributed by atoms with Crippen molar-refractivity contribution in [3.8, 4) is 0 Å². The lowest BCUT2D eigenvalue weighted by Gasteiger charge is -2.44. The summed E-state index contributed by atoms with van der Waals surface area (Å²) < 4.78 is 17.8. The highest BCUT2D eigenvalue weighted by molar-refractivity contribution is 5.23. The average molecular weight is 330 g/mol. The molecule has 3 nitrogen and oxygen atoms in total. The summed E-state index contributed by atoms with van der Waals surface area (Å²) >= 11 is 0. The van der Waals surface area contributed by atoms with Crippen LogP contribution < -0.4 is 0 Å². The lowest BCUT2D eigenvalue weighted by atomic mass is 9.67. The van der Waals surface area contributed by atoms with E-state index < -0.39 is 0 Å². The zero-order valence-corrected chi connectivity index (χ0v) is 14.8. The second-order valence-corrected chi connectivity index (χ2v) is 7.85. The highest BCUT2D eigenvalue weighted by Crippen LogP contribution is 2.48. The molecule has 2 aliphatic carbocycles. The Hall–Kier alpha value is -0.900. The van der Waals surface area contributed by atoms with Gasteiger partial charge in [-0.1, -0.05) is 30.3 Å². The minimum absolute atomic E-state index is 0.0642. The van der Waals surface area contributed by atoms with Crippen LogP contribution in [0.5, 0.6) is 0 Å². The molecule has 1 saturated heterocycles. The highest BCUT2D eigenvalue weighted by atomic mass is 16.7. The summed E-state index contributed by atoms with van der Waals surface area (Å²) in [5.41, 5.74) is 1.28. The molecule has 1 aromatic rings. The molecule has 0 atom stereocenters. The van der Waals surface area contributed by atoms with Crippen molar-refractivity contribution in [1.82, 2.24) is 0 Å². The summed E-state index contributed by atoms with van der Waals surface area (Å²) in [7, 11) is 1.88. The fourth-order valence-corrected chi connectivity index (χ4v) is 5.27. The Morgan fingerprint density at radius 2 is 1.38 bits per heavy atom. The van der Waals surface area contributed by atoms with E-state index in [9.17, 15) is 0 Å². The van der Waals surface area contributed by atoms with Gasteiger partial charge in [-0.15, -0.1) is 0 Å². The van der Waals surface area contributed by atoms with Crippen LogP contribution in [0.4, 0.5) is 0 Å². The molecule has 0 aromatic heterocycles. The van der Waals surface area contributed by atoms with Gasteiger partial charge in [0.15, 0.2) is 5.79 Å². The van der Waals surface area contributed by atoms with Crippen molar-refractivity contribution in [1.29, 1.82) is 0 Å². The zero-order chi connectivity index (χ0) is 16.5. The molecule has 0 bridgehead atoms. The normalized spacial score (nSPS) is 33.8. The molecule has 1 spiro atoms. The summed E-state index contributed by atoms with van der Waals surface area (Å²) in [5, 5.41) is 0. The fourth-order valence-electron chi connectivity index (χ4n) is 5.27. The van der Waals surface area contributed by atoms with E-state index >= 15 is 0 Å². The third-order valence-corrected chi connectivity index (χ3v) is 6.80. The molecule has 4 rings (SSSR count). The van der Waals surface area contributed by atoms with Gasteiger partial charge in [0.1, 0.15) is 0 Å². The molecule has 0 unspecified atom stereocenters. The Morgan fingerprint density at radius 3 is 1.92 bits per heavy atom. The van der Waals surface area contributed by atoms with Crippen LogP contribution >= 0.6 is 0 Å². The minimum Gasteiger partial charge on any atom is -0.374 e. The Bertz CT molecular complexity index is 517. The van der Waals surface area contributed by atoms with E-state index in [1.54, 1.807) is 0 Å². The summed E-state index contributed by atoms with van der Waals surface area (Å²) in [6.07, 6.45) is 9.54. The zero-order valence-electron chi connectivity index (χ0n) is 14.8. The number of hydrogen-bond donors (Lipinski definition) is 0. The third-order valence-electron chi connectivity index (χ3n) is 6.80. The van der Waals surface area contributed by atoms with Crippen LogP contribution in [0.2, 0.25) is 0 Å². The van der Waals surface area contributed by atoms with Gasteiger partial charge in [0.25, 0.3) is 0 Å². The maximum Gasteiger partial charge on any atom is 0.168 e. The van der Waals surface area contributed by atoms with Gasteiger partial charge >= 0.3 is 0 Å². The smallest absolute Gasteiger partial charge is 0.168 e. The number of methoxy groups -OCH3 is 1. The van der Waals surface area contributed by atoms with Gasteiger partial charge in [-0.2, -0.15) is 0 Å². The van der Waals surface area contributed by atoms with Gasteiger partial charge < -0.3 is 14.2 Å². The minimum atomic E-state index is -0.217. The van der Waals surface area contributed by atoms with Crippen LogP contribution in [0.25, 0.3) is 0 Å². The maximum absolute atomic E-state index is 6.04. The number of benzene rings is 1. The van der Waals surface area contributed by atoms with Crippen molar-refractivity contribution in [3.05, 3.63) is 35.9 Å². The topological polar surface area (TPSA) is 27.7 Å². The molecule has 1 aromatic carbocycles. The standard InChI is InChI=1S/C21H30O3/c1-22-20(19-5-3-2-4-6-19)11-7-17(8-12-20)18-9-13-21(14-10-18)23-15-16-24-21/h2-6,17-18H,7-16H2,1H3. The molecule has 3 heteroatoms. The largest absolute Gasteiger partial charge is 0.374 e. The maximum atomic E-state index is 6.04. The van der Waals surface area contributed by atoms with Crippen molar-refractivity contribution < 1.29 is 14.2 Å². The molecule has 1 heterocycles. The number of ether oxygens (including phenoxy) is 3. The van der Waals surface area contributed by atoms with E-state index in [2.05, 4.69) is 30.3 Å². The lowest BCUT2D eigenvalue weighted by molar-refractivity contribution is -0.186. The van der Waals surface area contributed by atoms with Crippen molar-refractivity contribution in [2.75, 3.05) is 20.3 Å². The molecular formula is C21H30O3. The molecular weight excluding hydrogens is 300 g/mol. The molecule has 0 radical (unpaired) electrons. The molecule has 0 amide bonds. The molecule has 1 aliphatic heterocycles. The summed E-state index contributed by atoms with van der Waals surface area (Å²) in [4.78, 5) is 0. The second-order valence-electron chi connectivity index (χ2n) is 7.85. The van der Waals surface area contributed by atoms with Crippen molar-refractivity contribution in [3.63, 3.8) is 0 Å². The van der Waals surface area contributed by atoms with Gasteiger partial charge in [0, 0.05) is 20.0 Å². The molecule has 3 fully saturated rings. The van der Waals surface area contributed by atoms with E-state index in [-0.39, 0.29) is 11.4 Å². The molecule has 2 saturated carbocycles. The molecule has 24 heavy (non-hydrogen) atoms. The average Bonchev–Trinajstić information content (AvgIpc) is 3.11. The van der Waals surface area contributed by atoms with Gasteiger partial charge in [-0.05, 0) is 55.9 Å². The first-order valence-corrected chi connectivity index (χ1v) is 9.64. The summed E-state index contributed by atoms with van der Waals surface area (Å²) in [6, 6.07) is 10.8. The molecule has 132 valence electrons. The van der Waals surface area contributed by atoms with Crippen LogP contribution in [0.1, 0.15) is 56.9 Å².